The number of aromatic nitrogens is 1. The van der Waals surface area contributed by atoms with E-state index in [-0.39, 0.29) is 17.4 Å². The number of hydrogen-bond donors (Lipinski definition) is 3. The van der Waals surface area contributed by atoms with Gasteiger partial charge in [0.1, 0.15) is 17.2 Å². The predicted octanol–water partition coefficient (Wildman–Crippen LogP) is 6.12. The molecule has 0 radical (unpaired) electrons. The Hall–Kier alpha value is -3.50. The zero-order valence-corrected chi connectivity index (χ0v) is 18.1. The molecule has 0 saturated heterocycles. The molecule has 172 valence electrons. The molecule has 1 heterocycles. The Bertz CT molecular complexity index is 1160. The zero-order chi connectivity index (χ0) is 24.0. The number of urea groups is 1. The zero-order valence-electron chi connectivity index (χ0n) is 16.5. The van der Waals surface area contributed by atoms with Gasteiger partial charge >= 0.3 is 12.2 Å². The standard InChI is InChI=1S/C21H15Cl2F3N4O3/c22-11-28-19(31)18-10-15(7-8-27-18)33-14-4-1-12(2-5-14)29-20(32)30-13-3-6-17(23)16(9-13)21(24,25)26/h1-10H,11H2,(H,28,31)(H2,29,30,32). The topological polar surface area (TPSA) is 92.3 Å². The highest BCUT2D eigenvalue weighted by molar-refractivity contribution is 6.31. The van der Waals surface area contributed by atoms with Crippen LogP contribution in [0.3, 0.4) is 0 Å². The molecule has 0 unspecified atom stereocenters. The summed E-state index contributed by atoms with van der Waals surface area (Å²) in [6.45, 7) is 0. The maximum atomic E-state index is 12.9. The molecule has 3 N–H and O–H groups in total. The Labute approximate surface area is 195 Å². The Morgan fingerprint density at radius 2 is 1.61 bits per heavy atom. The number of alkyl halides is 4. The summed E-state index contributed by atoms with van der Waals surface area (Å²) in [4.78, 5) is 27.9. The Morgan fingerprint density at radius 1 is 0.939 bits per heavy atom. The number of hydrogen-bond acceptors (Lipinski definition) is 4. The molecule has 0 fully saturated rings. The molecule has 7 nitrogen and oxygen atoms in total. The summed E-state index contributed by atoms with van der Waals surface area (Å²) in [5.41, 5.74) is -0.639. The van der Waals surface area contributed by atoms with Gasteiger partial charge < -0.3 is 20.7 Å². The van der Waals surface area contributed by atoms with Crippen molar-refractivity contribution >= 4 is 46.5 Å². The smallest absolute Gasteiger partial charge is 0.417 e. The summed E-state index contributed by atoms with van der Waals surface area (Å²) in [5.74, 6) is 0.304. The van der Waals surface area contributed by atoms with Gasteiger partial charge in [-0.1, -0.05) is 11.6 Å². The molecule has 0 saturated carbocycles. The van der Waals surface area contributed by atoms with Crippen molar-refractivity contribution in [1.29, 1.82) is 0 Å². The molecule has 33 heavy (non-hydrogen) atoms. The lowest BCUT2D eigenvalue weighted by Crippen LogP contribution is -2.22. The summed E-state index contributed by atoms with van der Waals surface area (Å²) in [6.07, 6.45) is -3.25. The number of amides is 3. The first-order valence-electron chi connectivity index (χ1n) is 9.18. The third-order valence-electron chi connectivity index (χ3n) is 4.07. The second-order valence-electron chi connectivity index (χ2n) is 6.41. The van der Waals surface area contributed by atoms with Crippen molar-refractivity contribution in [1.82, 2.24) is 10.3 Å². The maximum absolute atomic E-state index is 12.9. The van der Waals surface area contributed by atoms with Crippen LogP contribution in [0, 0.1) is 0 Å². The van der Waals surface area contributed by atoms with Crippen LogP contribution in [0.15, 0.2) is 60.8 Å². The van der Waals surface area contributed by atoms with Crippen LogP contribution in [0.2, 0.25) is 5.02 Å². The first kappa shape index (κ1) is 24.1. The van der Waals surface area contributed by atoms with E-state index in [2.05, 4.69) is 20.9 Å². The van der Waals surface area contributed by atoms with E-state index in [4.69, 9.17) is 27.9 Å². The first-order chi connectivity index (χ1) is 15.7. The number of halogens is 5. The van der Waals surface area contributed by atoms with E-state index >= 15 is 0 Å². The number of anilines is 2. The number of carbonyl (C=O) groups excluding carboxylic acids is 2. The van der Waals surface area contributed by atoms with E-state index in [1.54, 1.807) is 18.2 Å². The number of carbonyl (C=O) groups is 2. The van der Waals surface area contributed by atoms with Crippen LogP contribution in [0.4, 0.5) is 29.3 Å². The van der Waals surface area contributed by atoms with Gasteiger partial charge in [0.2, 0.25) is 0 Å². The highest BCUT2D eigenvalue weighted by atomic mass is 35.5. The normalized spacial score (nSPS) is 10.9. The van der Waals surface area contributed by atoms with Crippen molar-refractivity contribution in [3.05, 3.63) is 77.1 Å². The van der Waals surface area contributed by atoms with Crippen molar-refractivity contribution < 1.29 is 27.5 Å². The molecule has 0 aliphatic carbocycles. The van der Waals surface area contributed by atoms with E-state index in [1.165, 1.54) is 30.5 Å². The molecule has 3 amide bonds. The minimum atomic E-state index is -4.65. The van der Waals surface area contributed by atoms with Crippen LogP contribution in [0.1, 0.15) is 16.1 Å². The van der Waals surface area contributed by atoms with Crippen LogP contribution in [-0.2, 0) is 6.18 Å². The Balaban J connectivity index is 1.61. The second kappa shape index (κ2) is 10.4. The van der Waals surface area contributed by atoms with Gasteiger partial charge in [0.15, 0.2) is 0 Å². The van der Waals surface area contributed by atoms with Gasteiger partial charge in [0.05, 0.1) is 16.6 Å². The van der Waals surface area contributed by atoms with E-state index in [1.807, 2.05) is 0 Å². The third-order valence-corrected chi connectivity index (χ3v) is 4.53. The second-order valence-corrected chi connectivity index (χ2v) is 7.09. The molecule has 0 aliphatic rings. The molecule has 0 spiro atoms. The van der Waals surface area contributed by atoms with Gasteiger partial charge in [0, 0.05) is 23.6 Å². The van der Waals surface area contributed by atoms with E-state index in [0.29, 0.717) is 17.2 Å². The average Bonchev–Trinajstić information content (AvgIpc) is 2.76. The number of benzene rings is 2. The molecular weight excluding hydrogens is 484 g/mol. The summed E-state index contributed by atoms with van der Waals surface area (Å²) in [7, 11) is 0. The monoisotopic (exact) mass is 498 g/mol. The maximum Gasteiger partial charge on any atom is 0.417 e. The molecule has 12 heteroatoms. The fourth-order valence-corrected chi connectivity index (χ4v) is 2.95. The van der Waals surface area contributed by atoms with Crippen LogP contribution in [-0.4, -0.2) is 22.9 Å². The fourth-order valence-electron chi connectivity index (χ4n) is 2.61. The molecule has 2 aromatic carbocycles. The van der Waals surface area contributed by atoms with Crippen LogP contribution >= 0.6 is 23.2 Å². The molecular formula is C21H15Cl2F3N4O3. The average molecular weight is 499 g/mol. The third kappa shape index (κ3) is 6.74. The van der Waals surface area contributed by atoms with E-state index < -0.39 is 28.7 Å². The van der Waals surface area contributed by atoms with E-state index in [0.717, 1.165) is 12.1 Å². The highest BCUT2D eigenvalue weighted by Gasteiger charge is 2.33. The molecule has 1 aromatic heterocycles. The SMILES string of the molecule is O=C(Nc1ccc(Oc2ccnc(C(=O)NCCl)c2)cc1)Nc1ccc(Cl)c(C(F)(F)F)c1. The van der Waals surface area contributed by atoms with Gasteiger partial charge in [-0.05, 0) is 48.5 Å². The fraction of sp³-hybridized carbons (Fsp3) is 0.0952. The lowest BCUT2D eigenvalue weighted by Gasteiger charge is -2.12. The summed E-state index contributed by atoms with van der Waals surface area (Å²) in [6, 6.07) is 11.4. The number of pyridine rings is 1. The molecule has 0 aliphatic heterocycles. The Kier molecular flexibility index (Phi) is 7.62. The summed E-state index contributed by atoms with van der Waals surface area (Å²) >= 11 is 11.0. The summed E-state index contributed by atoms with van der Waals surface area (Å²) < 4.78 is 44.5. The minimum absolute atomic E-state index is 0.0604. The highest BCUT2D eigenvalue weighted by Crippen LogP contribution is 2.36. The van der Waals surface area contributed by atoms with Crippen LogP contribution < -0.4 is 20.7 Å². The largest absolute Gasteiger partial charge is 0.457 e. The lowest BCUT2D eigenvalue weighted by atomic mass is 10.2. The Morgan fingerprint density at radius 3 is 2.27 bits per heavy atom. The van der Waals surface area contributed by atoms with Crippen molar-refractivity contribution in [3.8, 4) is 11.5 Å². The van der Waals surface area contributed by atoms with Gasteiger partial charge in [-0.3, -0.25) is 9.78 Å². The van der Waals surface area contributed by atoms with Gasteiger partial charge in [-0.15, -0.1) is 11.6 Å². The van der Waals surface area contributed by atoms with Crippen molar-refractivity contribution in [3.63, 3.8) is 0 Å². The molecule has 0 atom stereocenters. The van der Waals surface area contributed by atoms with Crippen molar-refractivity contribution in [2.24, 2.45) is 0 Å². The van der Waals surface area contributed by atoms with E-state index in [9.17, 15) is 22.8 Å². The quantitative estimate of drug-likeness (QED) is 0.282. The number of nitrogens with one attached hydrogen (secondary N) is 3. The summed E-state index contributed by atoms with van der Waals surface area (Å²) in [5, 5.41) is 6.76. The van der Waals surface area contributed by atoms with Gasteiger partial charge in [-0.25, -0.2) is 4.79 Å². The van der Waals surface area contributed by atoms with Gasteiger partial charge in [0.25, 0.3) is 5.91 Å². The number of ether oxygens (including phenoxy) is 1. The molecule has 3 rings (SSSR count). The van der Waals surface area contributed by atoms with Crippen LogP contribution in [0.25, 0.3) is 0 Å². The number of rotatable bonds is 6. The minimum Gasteiger partial charge on any atom is -0.457 e. The van der Waals surface area contributed by atoms with Crippen LogP contribution in [0.5, 0.6) is 11.5 Å². The van der Waals surface area contributed by atoms with Gasteiger partial charge in [-0.2, -0.15) is 13.2 Å². The molecule has 0 bridgehead atoms. The predicted molar refractivity (Wildman–Crippen MR) is 118 cm³/mol. The number of nitrogens with zero attached hydrogens (tertiary/aromatic N) is 1. The first-order valence-corrected chi connectivity index (χ1v) is 10.1. The molecule has 3 aromatic rings. The van der Waals surface area contributed by atoms with Crippen molar-refractivity contribution in [2.45, 2.75) is 6.18 Å². The van der Waals surface area contributed by atoms with Crippen molar-refractivity contribution in [2.75, 3.05) is 16.6 Å². The lowest BCUT2D eigenvalue weighted by molar-refractivity contribution is -0.137.